The molecule has 1 aliphatic rings. The molecule has 0 aromatic heterocycles. The highest BCUT2D eigenvalue weighted by Gasteiger charge is 2.39. The van der Waals surface area contributed by atoms with Crippen LogP contribution in [0.4, 0.5) is 0 Å². The summed E-state index contributed by atoms with van der Waals surface area (Å²) in [5.41, 5.74) is 5.49. The van der Waals surface area contributed by atoms with Gasteiger partial charge in [0.15, 0.2) is 0 Å². The van der Waals surface area contributed by atoms with Crippen LogP contribution in [0.5, 0.6) is 0 Å². The summed E-state index contributed by atoms with van der Waals surface area (Å²) < 4.78 is 0. The molecule has 5 atom stereocenters. The molecule has 0 spiro atoms. The van der Waals surface area contributed by atoms with Gasteiger partial charge in [0.05, 0.1) is 6.61 Å². The number of nitrogens with zero attached hydrogens (tertiary/aromatic N) is 1. The Morgan fingerprint density at radius 1 is 1.13 bits per heavy atom. The summed E-state index contributed by atoms with van der Waals surface area (Å²) in [6, 6.07) is -4.61. The lowest BCUT2D eigenvalue weighted by Crippen LogP contribution is -2.59. The van der Waals surface area contributed by atoms with E-state index >= 15 is 0 Å². The largest absolute Gasteiger partial charge is 0.481 e. The van der Waals surface area contributed by atoms with Gasteiger partial charge in [0.2, 0.25) is 17.7 Å². The van der Waals surface area contributed by atoms with Gasteiger partial charge in [-0.05, 0) is 25.2 Å². The number of carboxylic acid groups (broad SMARTS) is 2. The second kappa shape index (κ2) is 12.2. The molecular formula is C19H32N4O8. The van der Waals surface area contributed by atoms with Gasteiger partial charge in [0, 0.05) is 13.0 Å². The Kier molecular flexibility index (Phi) is 10.4. The van der Waals surface area contributed by atoms with E-state index in [1.807, 2.05) is 0 Å². The van der Waals surface area contributed by atoms with E-state index in [9.17, 15) is 29.1 Å². The van der Waals surface area contributed by atoms with E-state index in [-0.39, 0.29) is 25.3 Å². The first-order chi connectivity index (χ1) is 14.5. The van der Waals surface area contributed by atoms with Crippen molar-refractivity contribution < 1.29 is 39.3 Å². The molecule has 176 valence electrons. The van der Waals surface area contributed by atoms with Gasteiger partial charge in [-0.1, -0.05) is 20.3 Å². The van der Waals surface area contributed by atoms with E-state index in [0.717, 1.165) is 4.90 Å². The van der Waals surface area contributed by atoms with Crippen LogP contribution in [-0.2, 0) is 24.0 Å². The Bertz CT molecular complexity index is 686. The van der Waals surface area contributed by atoms with Gasteiger partial charge < -0.3 is 36.6 Å². The topological polar surface area (TPSA) is 199 Å². The molecule has 0 aromatic carbocycles. The van der Waals surface area contributed by atoms with Crippen LogP contribution in [0.25, 0.3) is 0 Å². The number of hydrogen-bond acceptors (Lipinski definition) is 7. The van der Waals surface area contributed by atoms with Crippen molar-refractivity contribution in [1.82, 2.24) is 15.5 Å². The number of carbonyl (C=O) groups is 5. The summed E-state index contributed by atoms with van der Waals surface area (Å²) in [6.45, 7) is 3.06. The molecule has 0 bridgehead atoms. The van der Waals surface area contributed by atoms with Gasteiger partial charge in [-0.25, -0.2) is 4.79 Å². The number of likely N-dealkylation sites (tertiary alicyclic amines) is 1. The quantitative estimate of drug-likeness (QED) is 0.202. The van der Waals surface area contributed by atoms with Gasteiger partial charge in [-0.15, -0.1) is 0 Å². The predicted molar refractivity (Wildman–Crippen MR) is 108 cm³/mol. The third-order valence-electron chi connectivity index (χ3n) is 5.41. The zero-order valence-corrected chi connectivity index (χ0v) is 17.7. The molecule has 0 saturated carbocycles. The van der Waals surface area contributed by atoms with E-state index < -0.39 is 66.9 Å². The van der Waals surface area contributed by atoms with Gasteiger partial charge in [-0.3, -0.25) is 19.2 Å². The fourth-order valence-electron chi connectivity index (χ4n) is 3.32. The maximum atomic E-state index is 13.0. The molecule has 1 fully saturated rings. The van der Waals surface area contributed by atoms with Gasteiger partial charge in [0.1, 0.15) is 24.2 Å². The molecule has 0 radical (unpaired) electrons. The van der Waals surface area contributed by atoms with Crippen LogP contribution in [0.2, 0.25) is 0 Å². The molecule has 7 N–H and O–H groups in total. The van der Waals surface area contributed by atoms with E-state index in [0.29, 0.717) is 12.8 Å². The number of nitrogens with one attached hydrogen (secondary N) is 2. The first-order valence-electron chi connectivity index (χ1n) is 10.3. The summed E-state index contributed by atoms with van der Waals surface area (Å²) in [7, 11) is 0. The number of amides is 3. The minimum Gasteiger partial charge on any atom is -0.481 e. The fraction of sp³-hybridized carbons (Fsp3) is 0.737. The average molecular weight is 444 g/mol. The SMILES string of the molecule is CCC(C)C(NC(=O)C(N)CO)C(=O)NC(CCC(=O)O)C(=O)N1CCCC1C(=O)O. The second-order valence-electron chi connectivity index (χ2n) is 7.68. The van der Waals surface area contributed by atoms with Crippen molar-refractivity contribution in [3.8, 4) is 0 Å². The van der Waals surface area contributed by atoms with Crippen LogP contribution in [0, 0.1) is 5.92 Å². The fourth-order valence-corrected chi connectivity index (χ4v) is 3.32. The Morgan fingerprint density at radius 3 is 2.29 bits per heavy atom. The lowest BCUT2D eigenvalue weighted by atomic mass is 9.97. The highest BCUT2D eigenvalue weighted by atomic mass is 16.4. The van der Waals surface area contributed by atoms with Gasteiger partial charge in [0.25, 0.3) is 0 Å². The van der Waals surface area contributed by atoms with Crippen molar-refractivity contribution in [2.24, 2.45) is 11.7 Å². The van der Waals surface area contributed by atoms with E-state index in [2.05, 4.69) is 10.6 Å². The van der Waals surface area contributed by atoms with Crippen molar-refractivity contribution >= 4 is 29.7 Å². The normalized spacial score (nSPS) is 19.7. The number of rotatable bonds is 12. The smallest absolute Gasteiger partial charge is 0.326 e. The van der Waals surface area contributed by atoms with Crippen molar-refractivity contribution in [3.63, 3.8) is 0 Å². The Hall–Kier alpha value is -2.73. The molecule has 31 heavy (non-hydrogen) atoms. The van der Waals surface area contributed by atoms with Crippen molar-refractivity contribution in [2.45, 2.75) is 70.1 Å². The molecule has 1 rings (SSSR count). The number of aliphatic hydroxyl groups excluding tert-OH is 1. The van der Waals surface area contributed by atoms with Gasteiger partial charge in [-0.2, -0.15) is 0 Å². The molecule has 0 aromatic rings. The van der Waals surface area contributed by atoms with E-state index in [1.165, 1.54) is 0 Å². The second-order valence-corrected chi connectivity index (χ2v) is 7.68. The first kappa shape index (κ1) is 26.3. The number of aliphatic carboxylic acids is 2. The minimum absolute atomic E-state index is 0.187. The summed E-state index contributed by atoms with van der Waals surface area (Å²) >= 11 is 0. The van der Waals surface area contributed by atoms with Gasteiger partial charge >= 0.3 is 11.9 Å². The van der Waals surface area contributed by atoms with Crippen molar-refractivity contribution in [3.05, 3.63) is 0 Å². The third-order valence-corrected chi connectivity index (χ3v) is 5.41. The maximum Gasteiger partial charge on any atom is 0.326 e. The van der Waals surface area contributed by atoms with E-state index in [1.54, 1.807) is 13.8 Å². The lowest BCUT2D eigenvalue weighted by Gasteiger charge is -2.30. The number of nitrogens with two attached hydrogens (primary N) is 1. The van der Waals surface area contributed by atoms with Crippen molar-refractivity contribution in [1.29, 1.82) is 0 Å². The number of hydrogen-bond donors (Lipinski definition) is 6. The van der Waals surface area contributed by atoms with Crippen LogP contribution < -0.4 is 16.4 Å². The molecule has 1 heterocycles. The standard InChI is InChI=1S/C19H32N4O8/c1-3-10(2)15(22-16(27)11(20)9-24)17(28)21-12(6-7-14(25)26)18(29)23-8-4-5-13(23)19(30)31/h10-13,15,24H,3-9,20H2,1-2H3,(H,21,28)(H,22,27)(H,25,26)(H,30,31). The summed E-state index contributed by atoms with van der Waals surface area (Å²) in [6.07, 6.45) is 0.587. The molecule has 12 nitrogen and oxygen atoms in total. The Balaban J connectivity index is 3.04. The van der Waals surface area contributed by atoms with E-state index in [4.69, 9.17) is 15.9 Å². The summed E-state index contributed by atoms with van der Waals surface area (Å²) in [5, 5.41) is 32.3. The van der Waals surface area contributed by atoms with Crippen molar-refractivity contribution in [2.75, 3.05) is 13.2 Å². The molecule has 5 unspecified atom stereocenters. The van der Waals surface area contributed by atoms with Crippen LogP contribution in [0.3, 0.4) is 0 Å². The predicted octanol–water partition coefficient (Wildman–Crippen LogP) is -1.74. The number of carboxylic acids is 2. The molecule has 12 heteroatoms. The molecule has 0 aliphatic carbocycles. The zero-order chi connectivity index (χ0) is 23.7. The highest BCUT2D eigenvalue weighted by Crippen LogP contribution is 2.20. The molecule has 1 aliphatic heterocycles. The average Bonchev–Trinajstić information content (AvgIpc) is 3.22. The third kappa shape index (κ3) is 7.47. The maximum absolute atomic E-state index is 13.0. The highest BCUT2D eigenvalue weighted by molar-refractivity contribution is 5.94. The molecular weight excluding hydrogens is 412 g/mol. The van der Waals surface area contributed by atoms with Crippen LogP contribution in [0.1, 0.15) is 46.0 Å². The Morgan fingerprint density at radius 2 is 1.77 bits per heavy atom. The van der Waals surface area contributed by atoms with Crippen LogP contribution >= 0.6 is 0 Å². The summed E-state index contributed by atoms with van der Waals surface area (Å²) in [5.74, 6) is -4.85. The number of aliphatic hydroxyl groups is 1. The summed E-state index contributed by atoms with van der Waals surface area (Å²) in [4.78, 5) is 61.5. The Labute approximate surface area is 180 Å². The van der Waals surface area contributed by atoms with Crippen LogP contribution in [0.15, 0.2) is 0 Å². The molecule has 3 amide bonds. The lowest BCUT2D eigenvalue weighted by molar-refractivity contribution is -0.150. The minimum atomic E-state index is -1.27. The molecule has 1 saturated heterocycles. The van der Waals surface area contributed by atoms with Crippen LogP contribution in [-0.4, -0.2) is 87.2 Å². The zero-order valence-electron chi connectivity index (χ0n) is 17.7. The first-order valence-corrected chi connectivity index (χ1v) is 10.3. The number of carbonyl (C=O) groups excluding carboxylic acids is 3. The monoisotopic (exact) mass is 444 g/mol.